The van der Waals surface area contributed by atoms with Gasteiger partial charge in [0.05, 0.1) is 18.1 Å². The molecule has 0 aliphatic heterocycles. The van der Waals surface area contributed by atoms with E-state index in [2.05, 4.69) is 32.6 Å². The van der Waals surface area contributed by atoms with Crippen LogP contribution in [0.2, 0.25) is 0 Å². The molecule has 0 aliphatic rings. The molecule has 0 amide bonds. The van der Waals surface area contributed by atoms with Gasteiger partial charge in [-0.2, -0.15) is 0 Å². The molecule has 0 spiro atoms. The topological polar surface area (TPSA) is 87.4 Å². The molecule has 98 valence electrons. The molecule has 0 bridgehead atoms. The molecule has 0 aliphatic carbocycles. The van der Waals surface area contributed by atoms with Crippen molar-refractivity contribution in [2.75, 3.05) is 7.11 Å². The minimum absolute atomic E-state index is 0.0960. The lowest BCUT2D eigenvalue weighted by atomic mass is 10.3. The van der Waals surface area contributed by atoms with Gasteiger partial charge in [-0.3, -0.25) is 10.1 Å². The van der Waals surface area contributed by atoms with Crippen molar-refractivity contribution in [3.63, 3.8) is 0 Å². The lowest BCUT2D eigenvalue weighted by molar-refractivity contribution is -0.384. The van der Waals surface area contributed by atoms with E-state index in [1.54, 1.807) is 12.4 Å². The molecule has 0 radical (unpaired) electrons. The van der Waals surface area contributed by atoms with Gasteiger partial charge < -0.3 is 9.47 Å². The van der Waals surface area contributed by atoms with E-state index < -0.39 is 4.92 Å². The normalized spacial score (nSPS) is 10.0. The van der Waals surface area contributed by atoms with Crippen LogP contribution in [0.1, 0.15) is 0 Å². The van der Waals surface area contributed by atoms with Gasteiger partial charge in [-0.1, -0.05) is 0 Å². The first kappa shape index (κ1) is 13.5. The molecule has 0 saturated heterocycles. The number of methoxy groups -OCH3 is 1. The highest BCUT2D eigenvalue weighted by atomic mass is 127. The third-order valence-corrected chi connectivity index (χ3v) is 2.71. The van der Waals surface area contributed by atoms with Gasteiger partial charge >= 0.3 is 6.01 Å². The molecule has 0 unspecified atom stereocenters. The molecule has 2 aromatic rings. The number of hydrogen-bond donors (Lipinski definition) is 0. The summed E-state index contributed by atoms with van der Waals surface area (Å²) in [5.41, 5.74) is -0.0960. The number of halogens is 1. The van der Waals surface area contributed by atoms with Crippen molar-refractivity contribution in [3.05, 3.63) is 44.3 Å². The Balaban J connectivity index is 2.34. The van der Waals surface area contributed by atoms with Gasteiger partial charge in [0.2, 0.25) is 0 Å². The molecule has 8 heteroatoms. The second-order valence-corrected chi connectivity index (χ2v) is 4.62. The Morgan fingerprint density at radius 3 is 2.53 bits per heavy atom. The number of hydrogen-bond acceptors (Lipinski definition) is 6. The molecule has 19 heavy (non-hydrogen) atoms. The quantitative estimate of drug-likeness (QED) is 0.465. The molecular formula is C11H8IN3O4. The second kappa shape index (κ2) is 5.78. The summed E-state index contributed by atoms with van der Waals surface area (Å²) in [6, 6.07) is 4.15. The number of nitrogens with zero attached hydrogens (tertiary/aromatic N) is 3. The van der Waals surface area contributed by atoms with Gasteiger partial charge in [0.25, 0.3) is 5.69 Å². The lowest BCUT2D eigenvalue weighted by Gasteiger charge is -2.08. The van der Waals surface area contributed by atoms with Gasteiger partial charge in [0.1, 0.15) is 0 Å². The summed E-state index contributed by atoms with van der Waals surface area (Å²) in [7, 11) is 1.45. The zero-order valence-electron chi connectivity index (χ0n) is 9.74. The fourth-order valence-corrected chi connectivity index (χ4v) is 1.59. The summed E-state index contributed by atoms with van der Waals surface area (Å²) in [6.07, 6.45) is 3.15. The Morgan fingerprint density at radius 1 is 1.26 bits per heavy atom. The molecule has 0 fully saturated rings. The first-order valence-corrected chi connectivity index (χ1v) is 6.16. The number of non-ortho nitro benzene ring substituents is 1. The smallest absolute Gasteiger partial charge is 0.322 e. The van der Waals surface area contributed by atoms with Crippen LogP contribution < -0.4 is 9.47 Å². The standard InChI is InChI=1S/C11H8IN3O4/c1-18-9-3-2-8(15(16)17)4-10(9)19-11-13-5-7(12)6-14-11/h2-6H,1H3. The summed E-state index contributed by atoms with van der Waals surface area (Å²) in [5, 5.41) is 10.7. The van der Waals surface area contributed by atoms with Crippen molar-refractivity contribution in [3.8, 4) is 17.5 Å². The van der Waals surface area contributed by atoms with Crippen molar-refractivity contribution in [1.82, 2.24) is 9.97 Å². The molecular weight excluding hydrogens is 365 g/mol. The van der Waals surface area contributed by atoms with Gasteiger partial charge in [-0.25, -0.2) is 9.97 Å². The molecule has 1 aromatic heterocycles. The number of nitro benzene ring substituents is 1. The van der Waals surface area contributed by atoms with Crippen LogP contribution in [0.5, 0.6) is 17.5 Å². The molecule has 0 atom stereocenters. The third-order valence-electron chi connectivity index (χ3n) is 2.16. The highest BCUT2D eigenvalue weighted by molar-refractivity contribution is 14.1. The van der Waals surface area contributed by atoms with Crippen molar-refractivity contribution < 1.29 is 14.4 Å². The lowest BCUT2D eigenvalue weighted by Crippen LogP contribution is -1.96. The van der Waals surface area contributed by atoms with Crippen molar-refractivity contribution in [2.45, 2.75) is 0 Å². The summed E-state index contributed by atoms with van der Waals surface area (Å²) in [4.78, 5) is 18.1. The minimum atomic E-state index is -0.513. The predicted octanol–water partition coefficient (Wildman–Crippen LogP) is 2.79. The Kier molecular flexibility index (Phi) is 4.10. The largest absolute Gasteiger partial charge is 0.493 e. The summed E-state index contributed by atoms with van der Waals surface area (Å²) in [6.45, 7) is 0. The van der Waals surface area contributed by atoms with Crippen LogP contribution in [0.15, 0.2) is 30.6 Å². The van der Waals surface area contributed by atoms with Crippen molar-refractivity contribution >= 4 is 28.3 Å². The molecule has 1 heterocycles. The van der Waals surface area contributed by atoms with E-state index in [4.69, 9.17) is 9.47 Å². The van der Waals surface area contributed by atoms with Crippen molar-refractivity contribution in [1.29, 1.82) is 0 Å². The molecule has 2 rings (SSSR count). The van der Waals surface area contributed by atoms with Gasteiger partial charge in [-0.15, -0.1) is 0 Å². The van der Waals surface area contributed by atoms with Crippen LogP contribution in [0.25, 0.3) is 0 Å². The van der Waals surface area contributed by atoms with Crippen LogP contribution in [0.4, 0.5) is 5.69 Å². The van der Waals surface area contributed by atoms with Crippen LogP contribution in [-0.4, -0.2) is 22.0 Å². The maximum atomic E-state index is 10.7. The van der Waals surface area contributed by atoms with E-state index in [-0.39, 0.29) is 17.4 Å². The Bertz CT molecular complexity index is 603. The maximum absolute atomic E-state index is 10.7. The SMILES string of the molecule is COc1ccc([N+](=O)[O-])cc1Oc1ncc(I)cn1. The summed E-state index contributed by atoms with van der Waals surface area (Å²) >= 11 is 2.06. The monoisotopic (exact) mass is 373 g/mol. The first-order valence-electron chi connectivity index (χ1n) is 5.08. The highest BCUT2D eigenvalue weighted by Gasteiger charge is 2.14. The van der Waals surface area contributed by atoms with Crippen LogP contribution in [-0.2, 0) is 0 Å². The fraction of sp³-hybridized carbons (Fsp3) is 0.0909. The van der Waals surface area contributed by atoms with Crippen LogP contribution >= 0.6 is 22.6 Å². The zero-order chi connectivity index (χ0) is 13.8. The van der Waals surface area contributed by atoms with E-state index >= 15 is 0 Å². The number of nitro groups is 1. The van der Waals surface area contributed by atoms with E-state index in [0.717, 1.165) is 3.57 Å². The summed E-state index contributed by atoms with van der Waals surface area (Å²) in [5.74, 6) is 0.561. The third kappa shape index (κ3) is 3.28. The maximum Gasteiger partial charge on any atom is 0.322 e. The predicted molar refractivity (Wildman–Crippen MR) is 74.5 cm³/mol. The molecule has 7 nitrogen and oxygen atoms in total. The number of rotatable bonds is 4. The first-order chi connectivity index (χ1) is 9.10. The molecule has 1 aromatic carbocycles. The van der Waals surface area contributed by atoms with Gasteiger partial charge in [-0.05, 0) is 28.7 Å². The number of aromatic nitrogens is 2. The average molecular weight is 373 g/mol. The van der Waals surface area contributed by atoms with E-state index in [1.165, 1.54) is 25.3 Å². The fourth-order valence-electron chi connectivity index (χ4n) is 1.31. The summed E-state index contributed by atoms with van der Waals surface area (Å²) < 4.78 is 11.3. The second-order valence-electron chi connectivity index (χ2n) is 3.38. The van der Waals surface area contributed by atoms with Crippen LogP contribution in [0, 0.1) is 13.7 Å². The van der Waals surface area contributed by atoms with Crippen molar-refractivity contribution in [2.24, 2.45) is 0 Å². The van der Waals surface area contributed by atoms with E-state index in [1.807, 2.05) is 0 Å². The van der Waals surface area contributed by atoms with E-state index in [9.17, 15) is 10.1 Å². The minimum Gasteiger partial charge on any atom is -0.493 e. The highest BCUT2D eigenvalue weighted by Crippen LogP contribution is 2.33. The Hall–Kier alpha value is -1.97. The average Bonchev–Trinajstić information content (AvgIpc) is 2.41. The Morgan fingerprint density at radius 2 is 1.95 bits per heavy atom. The number of benzene rings is 1. The molecule has 0 saturated carbocycles. The molecule has 0 N–H and O–H groups in total. The van der Waals surface area contributed by atoms with E-state index in [0.29, 0.717) is 5.75 Å². The Labute approximate surface area is 121 Å². The number of ether oxygens (including phenoxy) is 2. The van der Waals surface area contributed by atoms with Gasteiger partial charge in [0.15, 0.2) is 11.5 Å². The van der Waals surface area contributed by atoms with Gasteiger partial charge in [0, 0.05) is 22.0 Å². The van der Waals surface area contributed by atoms with Crippen LogP contribution in [0.3, 0.4) is 0 Å². The zero-order valence-corrected chi connectivity index (χ0v) is 11.9.